The Morgan fingerprint density at radius 1 is 1.10 bits per heavy atom. The van der Waals surface area contributed by atoms with E-state index < -0.39 is 28.6 Å². The third-order valence-electron chi connectivity index (χ3n) is 1.36. The molecule has 1 radical (unpaired) electrons. The van der Waals surface area contributed by atoms with E-state index in [-0.39, 0.29) is 43.1 Å². The molecule has 0 heterocycles. The Hall–Kier alpha value is -0.190. The molecule has 1 aromatic rings. The van der Waals surface area contributed by atoms with Crippen molar-refractivity contribution >= 4 is 59.1 Å². The van der Waals surface area contributed by atoms with Gasteiger partial charge in [0.05, 0.1) is 0 Å². The van der Waals surface area contributed by atoms with E-state index in [9.17, 15) is 22.0 Å². The van der Waals surface area contributed by atoms with Crippen LogP contribution in [0.4, 0.5) is 8.78 Å². The first-order chi connectivity index (χ1) is 8.36. The van der Waals surface area contributed by atoms with Crippen molar-refractivity contribution in [3.8, 4) is 0 Å². The van der Waals surface area contributed by atoms with Crippen LogP contribution in [0.2, 0.25) is 0 Å². The van der Waals surface area contributed by atoms with E-state index in [0.29, 0.717) is 0 Å². The Kier molecular flexibility index (Phi) is 17.1. The summed E-state index contributed by atoms with van der Waals surface area (Å²) in [5.74, 6) is -4.45. The van der Waals surface area contributed by atoms with E-state index in [1.165, 1.54) is 0 Å². The molecule has 0 spiro atoms. The van der Waals surface area contributed by atoms with Crippen molar-refractivity contribution in [1.29, 1.82) is 0 Å². The van der Waals surface area contributed by atoms with Gasteiger partial charge < -0.3 is 4.74 Å². The van der Waals surface area contributed by atoms with Gasteiger partial charge in [0.25, 0.3) is 0 Å². The molecule has 0 atom stereocenters. The molecule has 0 bridgehead atoms. The third-order valence-corrected chi connectivity index (χ3v) is 2.22. The van der Waals surface area contributed by atoms with Gasteiger partial charge in [0.15, 0.2) is 0 Å². The smallest absolute Gasteiger partial charge is 0.361 e. The average molecular weight is 339 g/mol. The Balaban J connectivity index is -0.000000307. The SMILES string of the molecule is CC(=O)OCOS(=O)(=O)C(F)F.S.[Na].c1ccccc1. The molecule has 5 nitrogen and oxygen atoms in total. The average Bonchev–Trinajstić information content (AvgIpc) is 2.31. The standard InChI is InChI=1S/C6H6.C4H6F2O5S.Na.H2S/c1-2-4-6-5-3-1;1-3(7)10-2-11-12(8,9)4(5)6;;/h1-6H;4H,2H2,1H3;;1H2. The molecule has 0 aliphatic heterocycles. The first-order valence-corrected chi connectivity index (χ1v) is 6.13. The summed E-state index contributed by atoms with van der Waals surface area (Å²) < 4.78 is 50.8. The Labute approximate surface area is 145 Å². The van der Waals surface area contributed by atoms with Crippen molar-refractivity contribution < 1.29 is 30.9 Å². The van der Waals surface area contributed by atoms with Crippen LogP contribution < -0.4 is 0 Å². The second kappa shape index (κ2) is 13.8. The number of carbonyl (C=O) groups excluding carboxylic acids is 1. The molecule has 0 fully saturated rings. The number of ether oxygens (including phenoxy) is 1. The predicted octanol–water partition coefficient (Wildman–Crippen LogP) is 1.49. The van der Waals surface area contributed by atoms with Crippen molar-refractivity contribution in [1.82, 2.24) is 0 Å². The fourth-order valence-corrected chi connectivity index (χ4v) is 0.896. The summed E-state index contributed by atoms with van der Waals surface area (Å²) in [6.45, 7) is -0.0413. The van der Waals surface area contributed by atoms with Gasteiger partial charge in [-0.1, -0.05) is 36.4 Å². The first kappa shape index (κ1) is 24.8. The number of alkyl halides is 2. The maximum atomic E-state index is 11.5. The van der Waals surface area contributed by atoms with E-state index >= 15 is 0 Å². The molecule has 20 heavy (non-hydrogen) atoms. The number of halogens is 2. The van der Waals surface area contributed by atoms with Crippen LogP contribution in [0.1, 0.15) is 6.92 Å². The van der Waals surface area contributed by atoms with Gasteiger partial charge >= 0.3 is 21.8 Å². The second-order valence-corrected chi connectivity index (χ2v) is 4.36. The van der Waals surface area contributed by atoms with Crippen LogP contribution in [0.5, 0.6) is 0 Å². The van der Waals surface area contributed by atoms with E-state index in [4.69, 9.17) is 0 Å². The number of benzene rings is 1. The summed E-state index contributed by atoms with van der Waals surface area (Å²) in [4.78, 5) is 10.0. The molecule has 111 valence electrons. The van der Waals surface area contributed by atoms with E-state index in [1.807, 2.05) is 36.4 Å². The number of carbonyl (C=O) groups is 1. The predicted molar refractivity (Wildman–Crippen MR) is 75.2 cm³/mol. The minimum atomic E-state index is -4.90. The van der Waals surface area contributed by atoms with Crippen LogP contribution in [-0.2, 0) is 23.8 Å². The molecule has 0 saturated carbocycles. The zero-order chi connectivity index (χ0) is 14.0. The van der Waals surface area contributed by atoms with Crippen LogP contribution in [-0.4, -0.2) is 56.5 Å². The van der Waals surface area contributed by atoms with Crippen LogP contribution in [0.25, 0.3) is 0 Å². The van der Waals surface area contributed by atoms with Gasteiger partial charge in [0, 0.05) is 36.5 Å². The van der Waals surface area contributed by atoms with Crippen molar-refractivity contribution in [3.05, 3.63) is 36.4 Å². The fraction of sp³-hybridized carbons (Fsp3) is 0.300. The van der Waals surface area contributed by atoms with Gasteiger partial charge in [-0.3, -0.25) is 4.79 Å². The molecule has 0 aliphatic rings. The first-order valence-electron chi connectivity index (χ1n) is 4.66. The largest absolute Gasteiger partial charge is 0.437 e. The van der Waals surface area contributed by atoms with Crippen LogP contribution in [0.15, 0.2) is 36.4 Å². The normalized spacial score (nSPS) is 9.40. The summed E-state index contributed by atoms with van der Waals surface area (Å²) in [5.41, 5.74) is 0. The summed E-state index contributed by atoms with van der Waals surface area (Å²) in [7, 11) is -4.90. The number of rotatable bonds is 4. The van der Waals surface area contributed by atoms with Gasteiger partial charge in [-0.05, 0) is 0 Å². The number of esters is 1. The number of hydrogen-bond donors (Lipinski definition) is 0. The van der Waals surface area contributed by atoms with Gasteiger partial charge in [0.2, 0.25) is 6.79 Å². The fourth-order valence-electron chi connectivity index (χ4n) is 0.610. The molecular weight excluding hydrogens is 325 g/mol. The van der Waals surface area contributed by atoms with E-state index in [2.05, 4.69) is 8.92 Å². The van der Waals surface area contributed by atoms with E-state index in [0.717, 1.165) is 6.92 Å². The van der Waals surface area contributed by atoms with Gasteiger partial charge in [-0.2, -0.15) is 30.7 Å². The van der Waals surface area contributed by atoms with Crippen molar-refractivity contribution in [3.63, 3.8) is 0 Å². The summed E-state index contributed by atoms with van der Waals surface area (Å²) in [5, 5.41) is 0. The minimum absolute atomic E-state index is 0. The molecular formula is C10H14F2NaO5S2. The quantitative estimate of drug-likeness (QED) is 0.360. The number of hydrogen-bond acceptors (Lipinski definition) is 5. The van der Waals surface area contributed by atoms with Crippen molar-refractivity contribution in [2.24, 2.45) is 0 Å². The zero-order valence-electron chi connectivity index (χ0n) is 11.0. The monoisotopic (exact) mass is 339 g/mol. The Bertz CT molecular complexity index is 416. The molecule has 0 saturated heterocycles. The molecule has 0 aromatic heterocycles. The third kappa shape index (κ3) is 14.2. The summed E-state index contributed by atoms with van der Waals surface area (Å²) >= 11 is 0. The van der Waals surface area contributed by atoms with Crippen molar-refractivity contribution in [2.45, 2.75) is 12.7 Å². The molecule has 0 aliphatic carbocycles. The van der Waals surface area contributed by atoms with Gasteiger partial charge in [-0.25, -0.2) is 4.18 Å². The summed E-state index contributed by atoms with van der Waals surface area (Å²) in [6.07, 6.45) is 0. The Morgan fingerprint density at radius 2 is 1.45 bits per heavy atom. The van der Waals surface area contributed by atoms with Crippen LogP contribution >= 0.6 is 13.5 Å². The zero-order valence-corrected chi connectivity index (χ0v) is 14.8. The molecule has 0 amide bonds. The maximum absolute atomic E-state index is 11.5. The van der Waals surface area contributed by atoms with E-state index in [1.54, 1.807) is 0 Å². The second-order valence-electron chi connectivity index (χ2n) is 2.78. The minimum Gasteiger partial charge on any atom is -0.437 e. The van der Waals surface area contributed by atoms with Crippen molar-refractivity contribution in [2.75, 3.05) is 6.79 Å². The molecule has 1 aromatic carbocycles. The van der Waals surface area contributed by atoms with Gasteiger partial charge in [0.1, 0.15) is 0 Å². The van der Waals surface area contributed by atoms with Gasteiger partial charge in [-0.15, -0.1) is 0 Å². The summed E-state index contributed by atoms with van der Waals surface area (Å²) in [6, 6.07) is 12.0. The topological polar surface area (TPSA) is 69.7 Å². The Morgan fingerprint density at radius 3 is 1.70 bits per heavy atom. The molecule has 0 unspecified atom stereocenters. The molecule has 1 rings (SSSR count). The van der Waals surface area contributed by atoms with Crippen LogP contribution in [0, 0.1) is 0 Å². The molecule has 0 N–H and O–H groups in total. The van der Waals surface area contributed by atoms with Crippen LogP contribution in [0.3, 0.4) is 0 Å². The maximum Gasteiger partial charge on any atom is 0.361 e. The molecule has 10 heteroatoms.